The van der Waals surface area contributed by atoms with Crippen LogP contribution in [0.3, 0.4) is 0 Å². The van der Waals surface area contributed by atoms with E-state index in [1.807, 2.05) is 31.2 Å². The molecule has 0 unspecified atom stereocenters. The number of carbonyl (C=O) groups excluding carboxylic acids is 1. The van der Waals surface area contributed by atoms with Crippen molar-refractivity contribution in [3.8, 4) is 0 Å². The van der Waals surface area contributed by atoms with Gasteiger partial charge in [0.2, 0.25) is 6.41 Å². The third-order valence-electron chi connectivity index (χ3n) is 2.19. The Morgan fingerprint density at radius 2 is 2.21 bits per heavy atom. The van der Waals surface area contributed by atoms with Crippen molar-refractivity contribution in [1.82, 2.24) is 4.98 Å². The van der Waals surface area contributed by atoms with Gasteiger partial charge in [0.25, 0.3) is 0 Å². The molecule has 0 spiro atoms. The van der Waals surface area contributed by atoms with E-state index in [0.29, 0.717) is 6.41 Å². The maximum absolute atomic E-state index is 10.2. The Bertz CT molecular complexity index is 480. The van der Waals surface area contributed by atoms with Crippen LogP contribution in [-0.4, -0.2) is 11.4 Å². The predicted molar refractivity (Wildman–Crippen MR) is 56.2 cm³/mol. The molecule has 14 heavy (non-hydrogen) atoms. The van der Waals surface area contributed by atoms with E-state index in [9.17, 15) is 4.79 Å². The Labute approximate surface area is 81.8 Å². The van der Waals surface area contributed by atoms with E-state index in [-0.39, 0.29) is 0 Å². The summed E-state index contributed by atoms with van der Waals surface area (Å²) in [6.07, 6.45) is 2.43. The summed E-state index contributed by atoms with van der Waals surface area (Å²) in [5.41, 5.74) is 2.86. The van der Waals surface area contributed by atoms with Crippen molar-refractivity contribution < 1.29 is 4.79 Å². The SMILES string of the molecule is Cc1ccnc2cc(NC=O)ccc12. The fourth-order valence-corrected chi connectivity index (χ4v) is 1.45. The second-order valence-corrected chi connectivity index (χ2v) is 3.12. The number of fused-ring (bicyclic) bond motifs is 1. The van der Waals surface area contributed by atoms with Crippen molar-refractivity contribution in [3.63, 3.8) is 0 Å². The molecule has 0 aliphatic carbocycles. The fraction of sp³-hybridized carbons (Fsp3) is 0.0909. The van der Waals surface area contributed by atoms with Gasteiger partial charge in [-0.1, -0.05) is 6.07 Å². The van der Waals surface area contributed by atoms with Crippen molar-refractivity contribution in [2.75, 3.05) is 5.32 Å². The normalized spacial score (nSPS) is 10.1. The second kappa shape index (κ2) is 3.46. The predicted octanol–water partition coefficient (Wildman–Crippen LogP) is 2.11. The molecule has 0 saturated heterocycles. The molecular weight excluding hydrogens is 176 g/mol. The number of carbonyl (C=O) groups is 1. The van der Waals surface area contributed by atoms with Crippen molar-refractivity contribution in [1.29, 1.82) is 0 Å². The molecule has 70 valence electrons. The van der Waals surface area contributed by atoms with Gasteiger partial charge < -0.3 is 5.32 Å². The van der Waals surface area contributed by atoms with Crippen molar-refractivity contribution >= 4 is 23.0 Å². The van der Waals surface area contributed by atoms with Gasteiger partial charge in [0.05, 0.1) is 5.52 Å². The van der Waals surface area contributed by atoms with Crippen molar-refractivity contribution in [2.24, 2.45) is 0 Å². The van der Waals surface area contributed by atoms with Crippen LogP contribution in [0.1, 0.15) is 5.56 Å². The van der Waals surface area contributed by atoms with Gasteiger partial charge in [-0.2, -0.15) is 0 Å². The number of nitrogens with one attached hydrogen (secondary N) is 1. The summed E-state index contributed by atoms with van der Waals surface area (Å²) in [5, 5.41) is 3.71. The zero-order chi connectivity index (χ0) is 9.97. The smallest absolute Gasteiger partial charge is 0.211 e. The van der Waals surface area contributed by atoms with E-state index in [1.54, 1.807) is 6.20 Å². The van der Waals surface area contributed by atoms with Crippen LogP contribution in [0.5, 0.6) is 0 Å². The van der Waals surface area contributed by atoms with Gasteiger partial charge >= 0.3 is 0 Å². The summed E-state index contributed by atoms with van der Waals surface area (Å²) in [5.74, 6) is 0. The van der Waals surface area contributed by atoms with Crippen LogP contribution in [0.4, 0.5) is 5.69 Å². The second-order valence-electron chi connectivity index (χ2n) is 3.12. The van der Waals surface area contributed by atoms with Gasteiger partial charge in [-0.25, -0.2) is 0 Å². The molecule has 1 amide bonds. The zero-order valence-corrected chi connectivity index (χ0v) is 7.82. The lowest BCUT2D eigenvalue weighted by Gasteiger charge is -2.03. The molecule has 0 fully saturated rings. The first kappa shape index (κ1) is 8.69. The van der Waals surface area contributed by atoms with Gasteiger partial charge in [-0.3, -0.25) is 9.78 Å². The summed E-state index contributed by atoms with van der Waals surface area (Å²) in [4.78, 5) is 14.5. The molecule has 1 aromatic carbocycles. The van der Waals surface area contributed by atoms with Crippen LogP contribution in [0.2, 0.25) is 0 Å². The monoisotopic (exact) mass is 186 g/mol. The topological polar surface area (TPSA) is 42.0 Å². The van der Waals surface area contributed by atoms with E-state index >= 15 is 0 Å². The van der Waals surface area contributed by atoms with Crippen LogP contribution >= 0.6 is 0 Å². The molecule has 0 radical (unpaired) electrons. The van der Waals surface area contributed by atoms with Gasteiger partial charge in [-0.15, -0.1) is 0 Å². The number of aryl methyl sites for hydroxylation is 1. The highest BCUT2D eigenvalue weighted by molar-refractivity contribution is 5.87. The van der Waals surface area contributed by atoms with Crippen molar-refractivity contribution in [3.05, 3.63) is 36.0 Å². The summed E-state index contributed by atoms with van der Waals surface area (Å²) in [7, 11) is 0. The Kier molecular flexibility index (Phi) is 2.14. The summed E-state index contributed by atoms with van der Waals surface area (Å²) < 4.78 is 0. The highest BCUT2D eigenvalue weighted by Crippen LogP contribution is 2.19. The number of rotatable bonds is 2. The standard InChI is InChI=1S/C11H10N2O/c1-8-4-5-12-11-6-9(13-7-14)2-3-10(8)11/h2-7H,1H3,(H,13,14). The van der Waals surface area contributed by atoms with E-state index in [4.69, 9.17) is 0 Å². The molecule has 2 rings (SSSR count). The number of amides is 1. The molecule has 2 aromatic rings. The lowest BCUT2D eigenvalue weighted by Crippen LogP contribution is -1.93. The van der Waals surface area contributed by atoms with Crippen LogP contribution in [0, 0.1) is 6.92 Å². The Morgan fingerprint density at radius 3 is 3.00 bits per heavy atom. The van der Waals surface area contributed by atoms with E-state index in [2.05, 4.69) is 10.3 Å². The molecule has 3 heteroatoms. The third-order valence-corrected chi connectivity index (χ3v) is 2.19. The molecular formula is C11H10N2O. The fourth-order valence-electron chi connectivity index (χ4n) is 1.45. The number of anilines is 1. The van der Waals surface area contributed by atoms with Crippen LogP contribution in [0.15, 0.2) is 30.5 Å². The Balaban J connectivity index is 2.61. The molecule has 0 saturated carbocycles. The number of hydrogen-bond acceptors (Lipinski definition) is 2. The highest BCUT2D eigenvalue weighted by atomic mass is 16.1. The molecule has 1 aromatic heterocycles. The molecule has 1 N–H and O–H groups in total. The van der Waals surface area contributed by atoms with Crippen LogP contribution in [-0.2, 0) is 4.79 Å². The first-order valence-electron chi connectivity index (χ1n) is 4.37. The van der Waals surface area contributed by atoms with Gasteiger partial charge in [0.15, 0.2) is 0 Å². The maximum atomic E-state index is 10.2. The van der Waals surface area contributed by atoms with Gasteiger partial charge in [0, 0.05) is 17.3 Å². The third kappa shape index (κ3) is 1.44. The van der Waals surface area contributed by atoms with Crippen molar-refractivity contribution in [2.45, 2.75) is 6.92 Å². The minimum absolute atomic E-state index is 0.664. The maximum Gasteiger partial charge on any atom is 0.211 e. The first-order chi connectivity index (χ1) is 6.81. The molecule has 1 heterocycles. The Hall–Kier alpha value is -1.90. The van der Waals surface area contributed by atoms with Gasteiger partial charge in [0.1, 0.15) is 0 Å². The minimum Gasteiger partial charge on any atom is -0.329 e. The zero-order valence-electron chi connectivity index (χ0n) is 7.82. The highest BCUT2D eigenvalue weighted by Gasteiger charge is 1.98. The number of hydrogen-bond donors (Lipinski definition) is 1. The molecule has 0 aliphatic rings. The Morgan fingerprint density at radius 1 is 1.36 bits per heavy atom. The largest absolute Gasteiger partial charge is 0.329 e. The molecule has 0 aliphatic heterocycles. The quantitative estimate of drug-likeness (QED) is 0.730. The molecule has 3 nitrogen and oxygen atoms in total. The number of nitrogens with zero attached hydrogens (tertiary/aromatic N) is 1. The minimum atomic E-state index is 0.664. The summed E-state index contributed by atoms with van der Waals surface area (Å²) in [6.45, 7) is 2.04. The molecule has 0 atom stereocenters. The number of pyridine rings is 1. The van der Waals surface area contributed by atoms with Crippen LogP contribution in [0.25, 0.3) is 10.9 Å². The van der Waals surface area contributed by atoms with E-state index in [0.717, 1.165) is 16.6 Å². The average molecular weight is 186 g/mol. The first-order valence-corrected chi connectivity index (χ1v) is 4.37. The lowest BCUT2D eigenvalue weighted by molar-refractivity contribution is -0.105. The van der Waals surface area contributed by atoms with Gasteiger partial charge in [-0.05, 0) is 30.7 Å². The van der Waals surface area contributed by atoms with E-state index < -0.39 is 0 Å². The molecule has 0 bridgehead atoms. The lowest BCUT2D eigenvalue weighted by atomic mass is 10.1. The average Bonchev–Trinajstić information content (AvgIpc) is 2.18. The summed E-state index contributed by atoms with van der Waals surface area (Å²) in [6, 6.07) is 7.65. The van der Waals surface area contributed by atoms with Crippen LogP contribution < -0.4 is 5.32 Å². The number of aromatic nitrogens is 1. The van der Waals surface area contributed by atoms with E-state index in [1.165, 1.54) is 5.56 Å². The number of benzene rings is 1. The summed E-state index contributed by atoms with van der Waals surface area (Å²) >= 11 is 0.